The predicted octanol–water partition coefficient (Wildman–Crippen LogP) is 1.17. The molecule has 4 N–H and O–H groups in total. The summed E-state index contributed by atoms with van der Waals surface area (Å²) in [6, 6.07) is -1.28. The highest BCUT2D eigenvalue weighted by Gasteiger charge is 2.32. The van der Waals surface area contributed by atoms with Crippen molar-refractivity contribution in [3.63, 3.8) is 0 Å². The average Bonchev–Trinajstić information content (AvgIpc) is 2.39. The summed E-state index contributed by atoms with van der Waals surface area (Å²) in [4.78, 5) is 32.0. The van der Waals surface area contributed by atoms with Crippen LogP contribution < -0.4 is 10.2 Å². The molecule has 23 heavy (non-hydrogen) atoms. The molecule has 0 saturated heterocycles. The van der Waals surface area contributed by atoms with Crippen molar-refractivity contribution in [2.45, 2.75) is 50.6 Å². The number of carboxylic acids is 2. The van der Waals surface area contributed by atoms with Crippen molar-refractivity contribution in [1.82, 2.24) is 10.2 Å². The standard InChI is InChI=1S/C12H21N2O7PS/c1-12(2,3)23-6-9(21-7-15)14-22(20)13-8(11(18)19)4-5-10(16)17/h7-9H,4-6H2,1-3H3,(H3-,13,14,16,17,18,19,20)/p+1/t8-,9+/m0/s1. The minimum Gasteiger partial charge on any atom is -0.481 e. The summed E-state index contributed by atoms with van der Waals surface area (Å²) in [5, 5.41) is 22.3. The molecule has 0 aliphatic heterocycles. The van der Waals surface area contributed by atoms with E-state index in [0.717, 1.165) is 0 Å². The number of hydrogen-bond acceptors (Lipinski definition) is 6. The van der Waals surface area contributed by atoms with Gasteiger partial charge in [-0.25, -0.2) is 0 Å². The molecule has 3 atom stereocenters. The number of rotatable bonds is 12. The molecule has 0 rings (SSSR count). The third kappa shape index (κ3) is 11.9. The minimum atomic E-state index is -2.40. The SMILES string of the molecule is CC(C)(C)SC[C@H](N[P+](=O)N[C@@H](CCC(=O)O)C(=O)O)OC=O. The molecule has 0 aliphatic carbocycles. The highest BCUT2D eigenvalue weighted by atomic mass is 32.2. The quantitative estimate of drug-likeness (QED) is 0.225. The maximum Gasteiger partial charge on any atom is 0.536 e. The third-order valence-electron chi connectivity index (χ3n) is 2.37. The summed E-state index contributed by atoms with van der Waals surface area (Å²) in [6.07, 6.45) is -1.45. The van der Waals surface area contributed by atoms with Crippen LogP contribution in [0.2, 0.25) is 0 Å². The van der Waals surface area contributed by atoms with E-state index in [9.17, 15) is 18.9 Å². The van der Waals surface area contributed by atoms with Gasteiger partial charge in [-0.15, -0.1) is 0 Å². The van der Waals surface area contributed by atoms with Crippen LogP contribution in [0, 0.1) is 0 Å². The van der Waals surface area contributed by atoms with Crippen molar-refractivity contribution in [3.8, 4) is 0 Å². The molecule has 11 heteroatoms. The summed E-state index contributed by atoms with van der Waals surface area (Å²) >= 11 is 1.47. The molecule has 0 aliphatic rings. The fourth-order valence-electron chi connectivity index (χ4n) is 1.32. The number of carboxylic acid groups (broad SMARTS) is 2. The Morgan fingerprint density at radius 2 is 1.91 bits per heavy atom. The maximum atomic E-state index is 11.9. The first-order valence-corrected chi connectivity index (χ1v) is 8.97. The van der Waals surface area contributed by atoms with Crippen molar-refractivity contribution in [3.05, 3.63) is 0 Å². The van der Waals surface area contributed by atoms with Crippen LogP contribution in [0.1, 0.15) is 33.6 Å². The molecule has 1 unspecified atom stereocenters. The Balaban J connectivity index is 4.55. The summed E-state index contributed by atoms with van der Waals surface area (Å²) in [6.45, 7) is 6.09. The molecule has 0 heterocycles. The van der Waals surface area contributed by atoms with Crippen LogP contribution in [-0.2, 0) is 23.7 Å². The lowest BCUT2D eigenvalue weighted by molar-refractivity contribution is -0.140. The predicted molar refractivity (Wildman–Crippen MR) is 85.3 cm³/mol. The summed E-state index contributed by atoms with van der Waals surface area (Å²) in [5.41, 5.74) is 0. The number of aliphatic carboxylic acids is 2. The zero-order valence-corrected chi connectivity index (χ0v) is 14.9. The van der Waals surface area contributed by atoms with Gasteiger partial charge in [-0.05, 0) is 16.1 Å². The largest absolute Gasteiger partial charge is 0.536 e. The van der Waals surface area contributed by atoms with E-state index in [0.29, 0.717) is 5.75 Å². The number of hydrogen-bond donors (Lipinski definition) is 4. The Labute approximate surface area is 139 Å². The van der Waals surface area contributed by atoms with Gasteiger partial charge in [-0.2, -0.15) is 11.8 Å². The number of ether oxygens (including phenoxy) is 1. The van der Waals surface area contributed by atoms with Crippen LogP contribution in [0.25, 0.3) is 0 Å². The Bertz CT molecular complexity index is 442. The van der Waals surface area contributed by atoms with Crippen LogP contribution >= 0.6 is 19.9 Å². The minimum absolute atomic E-state index is 0.101. The van der Waals surface area contributed by atoms with Gasteiger partial charge in [0.1, 0.15) is 0 Å². The number of thioether (sulfide) groups is 1. The summed E-state index contributed by atoms with van der Waals surface area (Å²) in [7, 11) is -2.40. The van der Waals surface area contributed by atoms with Crippen LogP contribution in [0.3, 0.4) is 0 Å². The molecule has 9 nitrogen and oxygen atoms in total. The Hall–Kier alpha value is -1.22. The van der Waals surface area contributed by atoms with Crippen LogP contribution in [-0.4, -0.2) is 51.4 Å². The van der Waals surface area contributed by atoms with Gasteiger partial charge in [0.2, 0.25) is 6.23 Å². The zero-order chi connectivity index (χ0) is 18.0. The Morgan fingerprint density at radius 3 is 2.35 bits per heavy atom. The lowest BCUT2D eigenvalue weighted by atomic mass is 10.2. The Kier molecular flexibility index (Phi) is 9.98. The topological polar surface area (TPSA) is 142 Å². The molecular weight excluding hydrogens is 347 g/mol. The molecule has 0 spiro atoms. The molecule has 0 aromatic carbocycles. The second-order valence-electron chi connectivity index (χ2n) is 5.52. The van der Waals surface area contributed by atoms with Gasteiger partial charge < -0.3 is 14.9 Å². The number of carbonyl (C=O) groups excluding carboxylic acids is 1. The monoisotopic (exact) mass is 369 g/mol. The van der Waals surface area contributed by atoms with E-state index < -0.39 is 32.3 Å². The normalized spacial score (nSPS) is 14.7. The zero-order valence-electron chi connectivity index (χ0n) is 13.1. The molecule has 132 valence electrons. The van der Waals surface area contributed by atoms with Crippen molar-refractivity contribution in [2.75, 3.05) is 5.75 Å². The van der Waals surface area contributed by atoms with Gasteiger partial charge in [-0.1, -0.05) is 25.9 Å². The highest BCUT2D eigenvalue weighted by Crippen LogP contribution is 2.25. The van der Waals surface area contributed by atoms with E-state index in [1.165, 1.54) is 11.8 Å². The number of nitrogens with one attached hydrogen (secondary N) is 2. The van der Waals surface area contributed by atoms with Crippen molar-refractivity contribution < 1.29 is 33.9 Å². The second kappa shape index (κ2) is 10.5. The van der Waals surface area contributed by atoms with Crippen LogP contribution in [0.4, 0.5) is 0 Å². The van der Waals surface area contributed by atoms with Gasteiger partial charge in [0.05, 0.1) is 0 Å². The highest BCUT2D eigenvalue weighted by molar-refractivity contribution is 8.00. The molecule has 0 radical (unpaired) electrons. The molecule has 0 saturated carbocycles. The van der Waals surface area contributed by atoms with Gasteiger partial charge in [0.25, 0.3) is 6.47 Å². The molecule has 0 bridgehead atoms. The summed E-state index contributed by atoms with van der Waals surface area (Å²) in [5.74, 6) is -2.14. The fraction of sp³-hybridized carbons (Fsp3) is 0.750. The van der Waals surface area contributed by atoms with Crippen molar-refractivity contribution in [2.24, 2.45) is 0 Å². The lowest BCUT2D eigenvalue weighted by Gasteiger charge is -2.20. The molecule has 0 aromatic heterocycles. The van der Waals surface area contributed by atoms with E-state index in [1.807, 2.05) is 20.8 Å². The maximum absolute atomic E-state index is 11.9. The number of carbonyl (C=O) groups is 3. The van der Waals surface area contributed by atoms with Gasteiger partial charge in [-0.3, -0.25) is 14.4 Å². The second-order valence-corrected chi connectivity index (χ2v) is 8.47. The fourth-order valence-corrected chi connectivity index (χ4v) is 3.27. The van der Waals surface area contributed by atoms with Gasteiger partial charge in [0, 0.05) is 16.9 Å². The smallest absolute Gasteiger partial charge is 0.481 e. The van der Waals surface area contributed by atoms with E-state index in [1.54, 1.807) is 0 Å². The molecule has 0 fully saturated rings. The summed E-state index contributed by atoms with van der Waals surface area (Å²) < 4.78 is 16.6. The molecule has 0 amide bonds. The first kappa shape index (κ1) is 21.8. The van der Waals surface area contributed by atoms with Gasteiger partial charge in [0.15, 0.2) is 6.04 Å². The van der Waals surface area contributed by atoms with E-state index in [-0.39, 0.29) is 24.1 Å². The third-order valence-corrected chi connectivity index (χ3v) is 4.77. The van der Waals surface area contributed by atoms with Crippen molar-refractivity contribution >= 4 is 38.3 Å². The van der Waals surface area contributed by atoms with E-state index in [4.69, 9.17) is 14.9 Å². The van der Waals surface area contributed by atoms with Crippen LogP contribution in [0.5, 0.6) is 0 Å². The van der Waals surface area contributed by atoms with Gasteiger partial charge >= 0.3 is 20.0 Å². The average molecular weight is 369 g/mol. The van der Waals surface area contributed by atoms with E-state index >= 15 is 0 Å². The molecular formula is C12H22N2O7PS+. The first-order chi connectivity index (χ1) is 10.5. The first-order valence-electron chi connectivity index (χ1n) is 6.72. The van der Waals surface area contributed by atoms with E-state index in [2.05, 4.69) is 10.2 Å². The Morgan fingerprint density at radius 1 is 1.30 bits per heavy atom. The molecule has 0 aromatic rings. The van der Waals surface area contributed by atoms with Crippen molar-refractivity contribution in [1.29, 1.82) is 0 Å². The lowest BCUT2D eigenvalue weighted by Crippen LogP contribution is -2.38. The van der Waals surface area contributed by atoms with Crippen LogP contribution in [0.15, 0.2) is 0 Å².